The monoisotopic (exact) mass is 530 g/mol. The molecule has 0 radical (unpaired) electrons. The Labute approximate surface area is 232 Å². The molecule has 0 spiro atoms. The number of methoxy groups -OCH3 is 1. The molecule has 1 amide bonds. The van der Waals surface area contributed by atoms with E-state index in [9.17, 15) is 9.59 Å². The Hall–Kier alpha value is -3.67. The number of carbonyl (C=O) groups excluding carboxylic acids is 2. The van der Waals surface area contributed by atoms with Crippen molar-refractivity contribution in [3.8, 4) is 11.1 Å². The van der Waals surface area contributed by atoms with E-state index in [1.165, 1.54) is 12.7 Å². The molecule has 1 aromatic heterocycles. The highest BCUT2D eigenvalue weighted by molar-refractivity contribution is 5.98. The van der Waals surface area contributed by atoms with Gasteiger partial charge < -0.3 is 14.8 Å². The van der Waals surface area contributed by atoms with Crippen molar-refractivity contribution in [1.29, 1.82) is 0 Å². The van der Waals surface area contributed by atoms with Crippen molar-refractivity contribution in [2.24, 2.45) is 5.92 Å². The Kier molecular flexibility index (Phi) is 10.3. The molecular weight excluding hydrogens is 488 g/mol. The predicted molar refractivity (Wildman–Crippen MR) is 158 cm³/mol. The molecule has 0 aliphatic heterocycles. The number of nitrogens with one attached hydrogen (secondary N) is 1. The number of pyridine rings is 1. The van der Waals surface area contributed by atoms with Crippen LogP contribution in [-0.4, -0.2) is 29.8 Å². The summed E-state index contributed by atoms with van der Waals surface area (Å²) in [5, 5.41) is 4.00. The average molecular weight is 531 g/mol. The molecule has 1 heterocycles. The minimum atomic E-state index is -0.583. The van der Waals surface area contributed by atoms with Gasteiger partial charge in [-0.2, -0.15) is 0 Å². The maximum atomic E-state index is 12.6. The van der Waals surface area contributed by atoms with E-state index in [1.807, 2.05) is 45.1 Å². The number of benzene rings is 2. The molecular formula is C33H42N2O4. The largest absolute Gasteiger partial charge is 0.469 e. The predicted octanol–water partition coefficient (Wildman–Crippen LogP) is 7.65. The van der Waals surface area contributed by atoms with Crippen LogP contribution in [0.4, 0.5) is 4.79 Å². The zero-order chi connectivity index (χ0) is 28.6. The van der Waals surface area contributed by atoms with E-state index in [0.717, 1.165) is 51.7 Å². The highest BCUT2D eigenvalue weighted by Crippen LogP contribution is 2.35. The van der Waals surface area contributed by atoms with E-state index in [2.05, 4.69) is 56.4 Å². The van der Waals surface area contributed by atoms with Crippen LogP contribution in [0.25, 0.3) is 28.1 Å². The van der Waals surface area contributed by atoms with Gasteiger partial charge in [-0.3, -0.25) is 9.78 Å². The molecule has 6 heteroatoms. The van der Waals surface area contributed by atoms with E-state index in [4.69, 9.17) is 14.5 Å². The van der Waals surface area contributed by atoms with Gasteiger partial charge in [0.05, 0.1) is 12.6 Å². The molecule has 39 heavy (non-hydrogen) atoms. The zero-order valence-electron chi connectivity index (χ0n) is 24.4. The standard InChI is InChI=1S/C33H42N2O4/c1-8-23-13-16-25(17-14-23)31-26-20-24(11-9-10-12-30(36)38-7)15-18-28(26)35-29(19-22(2)3)27(31)21-34-32(37)39-33(4,5)6/h9,11,13-18,20,22H,8,10,12,19,21H2,1-7H3,(H,34,37). The first-order valence-electron chi connectivity index (χ1n) is 13.8. The molecule has 0 aliphatic carbocycles. The topological polar surface area (TPSA) is 77.5 Å². The van der Waals surface area contributed by atoms with Gasteiger partial charge in [-0.05, 0) is 80.3 Å². The quantitative estimate of drug-likeness (QED) is 0.272. The number of rotatable bonds is 10. The van der Waals surface area contributed by atoms with Gasteiger partial charge in [0.1, 0.15) is 5.60 Å². The summed E-state index contributed by atoms with van der Waals surface area (Å²) in [7, 11) is 1.40. The SMILES string of the molecule is CCc1ccc(-c2c(CNC(=O)OC(C)(C)C)c(CC(C)C)nc3ccc(C=CCCC(=O)OC)cc23)cc1. The molecule has 208 valence electrons. The van der Waals surface area contributed by atoms with Crippen molar-refractivity contribution in [3.63, 3.8) is 0 Å². The fourth-order valence-corrected chi connectivity index (χ4v) is 4.45. The van der Waals surface area contributed by atoms with Gasteiger partial charge >= 0.3 is 12.1 Å². The Balaban J connectivity index is 2.15. The number of aryl methyl sites for hydroxylation is 1. The summed E-state index contributed by atoms with van der Waals surface area (Å²) < 4.78 is 10.3. The summed E-state index contributed by atoms with van der Waals surface area (Å²) in [5.41, 5.74) is 6.73. The number of allylic oxidation sites excluding steroid dienone is 1. The van der Waals surface area contributed by atoms with Gasteiger partial charge in [0.25, 0.3) is 0 Å². The van der Waals surface area contributed by atoms with E-state index < -0.39 is 11.7 Å². The molecule has 0 bridgehead atoms. The van der Waals surface area contributed by atoms with Crippen LogP contribution in [0.3, 0.4) is 0 Å². The summed E-state index contributed by atoms with van der Waals surface area (Å²) in [6.45, 7) is 12.4. The van der Waals surface area contributed by atoms with Crippen molar-refractivity contribution < 1.29 is 19.1 Å². The Morgan fingerprint density at radius 1 is 1.08 bits per heavy atom. The van der Waals surface area contributed by atoms with Crippen LogP contribution in [0.1, 0.15) is 76.8 Å². The Morgan fingerprint density at radius 3 is 2.41 bits per heavy atom. The number of hydrogen-bond donors (Lipinski definition) is 1. The van der Waals surface area contributed by atoms with Gasteiger partial charge in [-0.15, -0.1) is 0 Å². The number of alkyl carbamates (subject to hydrolysis) is 1. The molecule has 0 unspecified atom stereocenters. The molecule has 3 rings (SSSR count). The van der Waals surface area contributed by atoms with Crippen LogP contribution in [-0.2, 0) is 33.7 Å². The lowest BCUT2D eigenvalue weighted by Crippen LogP contribution is -2.32. The van der Waals surface area contributed by atoms with Crippen molar-refractivity contribution in [2.75, 3.05) is 7.11 Å². The fraction of sp³-hybridized carbons (Fsp3) is 0.424. The number of amides is 1. The van der Waals surface area contributed by atoms with Crippen LogP contribution in [0, 0.1) is 5.92 Å². The van der Waals surface area contributed by atoms with Crippen molar-refractivity contribution in [2.45, 2.75) is 79.4 Å². The number of hydrogen-bond acceptors (Lipinski definition) is 5. The Bertz CT molecular complexity index is 1320. The van der Waals surface area contributed by atoms with Crippen LogP contribution in [0.5, 0.6) is 0 Å². The second kappa shape index (κ2) is 13.4. The molecule has 2 aromatic carbocycles. The summed E-state index contributed by atoms with van der Waals surface area (Å²) in [6, 6.07) is 14.9. The lowest BCUT2D eigenvalue weighted by atomic mass is 9.90. The maximum Gasteiger partial charge on any atom is 0.407 e. The molecule has 0 saturated heterocycles. The first-order chi connectivity index (χ1) is 18.5. The van der Waals surface area contributed by atoms with Gasteiger partial charge in [0.2, 0.25) is 0 Å². The molecule has 0 fully saturated rings. The van der Waals surface area contributed by atoms with Crippen molar-refractivity contribution in [3.05, 3.63) is 70.9 Å². The van der Waals surface area contributed by atoms with E-state index >= 15 is 0 Å². The van der Waals surface area contributed by atoms with Crippen molar-refractivity contribution >= 4 is 29.0 Å². The highest BCUT2D eigenvalue weighted by Gasteiger charge is 2.21. The van der Waals surface area contributed by atoms with Crippen LogP contribution >= 0.6 is 0 Å². The summed E-state index contributed by atoms with van der Waals surface area (Å²) in [6.07, 6.45) is 6.25. The number of ether oxygens (including phenoxy) is 2. The smallest absolute Gasteiger partial charge is 0.407 e. The number of aromatic nitrogens is 1. The molecule has 1 N–H and O–H groups in total. The third-order valence-corrected chi connectivity index (χ3v) is 6.31. The third-order valence-electron chi connectivity index (χ3n) is 6.31. The van der Waals surface area contributed by atoms with Crippen LogP contribution < -0.4 is 5.32 Å². The third kappa shape index (κ3) is 8.67. The summed E-state index contributed by atoms with van der Waals surface area (Å²) in [5.74, 6) is 0.169. The van der Waals surface area contributed by atoms with E-state index in [0.29, 0.717) is 25.3 Å². The molecule has 6 nitrogen and oxygen atoms in total. The van der Waals surface area contributed by atoms with Gasteiger partial charge in [-0.25, -0.2) is 4.79 Å². The first kappa shape index (κ1) is 29.9. The maximum absolute atomic E-state index is 12.6. The second-order valence-electron chi connectivity index (χ2n) is 11.2. The minimum Gasteiger partial charge on any atom is -0.469 e. The summed E-state index contributed by atoms with van der Waals surface area (Å²) >= 11 is 0. The van der Waals surface area contributed by atoms with Gasteiger partial charge in [-0.1, -0.05) is 63.3 Å². The molecule has 0 saturated carbocycles. The number of fused-ring (bicyclic) bond motifs is 1. The average Bonchev–Trinajstić information content (AvgIpc) is 2.88. The lowest BCUT2D eigenvalue weighted by molar-refractivity contribution is -0.140. The molecule has 3 aromatic rings. The Morgan fingerprint density at radius 2 is 1.79 bits per heavy atom. The van der Waals surface area contributed by atoms with Gasteiger partial charge in [0.15, 0.2) is 0 Å². The normalized spacial score (nSPS) is 11.8. The number of esters is 1. The molecule has 0 aliphatic rings. The number of carbonyl (C=O) groups is 2. The van der Waals surface area contributed by atoms with Crippen LogP contribution in [0.2, 0.25) is 0 Å². The fourth-order valence-electron chi connectivity index (χ4n) is 4.45. The van der Waals surface area contributed by atoms with E-state index in [-0.39, 0.29) is 5.97 Å². The first-order valence-corrected chi connectivity index (χ1v) is 13.8. The van der Waals surface area contributed by atoms with Crippen LogP contribution in [0.15, 0.2) is 48.5 Å². The van der Waals surface area contributed by atoms with Crippen molar-refractivity contribution in [1.82, 2.24) is 10.3 Å². The molecule has 0 atom stereocenters. The summed E-state index contributed by atoms with van der Waals surface area (Å²) in [4.78, 5) is 29.2. The minimum absolute atomic E-state index is 0.222. The second-order valence-corrected chi connectivity index (χ2v) is 11.2. The lowest BCUT2D eigenvalue weighted by Gasteiger charge is -2.22. The van der Waals surface area contributed by atoms with Gasteiger partial charge in [0, 0.05) is 29.6 Å². The van der Waals surface area contributed by atoms with E-state index in [1.54, 1.807) is 0 Å². The highest BCUT2D eigenvalue weighted by atomic mass is 16.6. The number of nitrogens with zero attached hydrogens (tertiary/aromatic N) is 1. The zero-order valence-corrected chi connectivity index (χ0v) is 24.4.